The number of aryl methyl sites for hydroxylation is 1. The van der Waals surface area contributed by atoms with Crippen molar-refractivity contribution in [2.75, 3.05) is 0 Å². The highest BCUT2D eigenvalue weighted by Crippen LogP contribution is 2.28. The fourth-order valence-electron chi connectivity index (χ4n) is 1.50. The van der Waals surface area contributed by atoms with E-state index >= 15 is 0 Å². The van der Waals surface area contributed by atoms with Crippen LogP contribution in [0, 0.1) is 6.92 Å². The van der Waals surface area contributed by atoms with E-state index in [2.05, 4.69) is 15.9 Å². The zero-order chi connectivity index (χ0) is 14.0. The number of carbonyl (C=O) groups excluding carboxylic acids is 1. The van der Waals surface area contributed by atoms with E-state index in [0.717, 1.165) is 5.56 Å². The first kappa shape index (κ1) is 14.4. The molecule has 2 rings (SSSR count). The number of hydrogen-bond donors (Lipinski definition) is 0. The lowest BCUT2D eigenvalue weighted by atomic mass is 10.2. The largest absolute Gasteiger partial charge is 0.422 e. The molecule has 0 aliphatic carbocycles. The van der Waals surface area contributed by atoms with Crippen LogP contribution in [0.1, 0.15) is 15.9 Å². The zero-order valence-electron chi connectivity index (χ0n) is 9.91. The minimum atomic E-state index is -0.522. The van der Waals surface area contributed by atoms with Crippen LogP contribution in [-0.2, 0) is 0 Å². The van der Waals surface area contributed by atoms with Gasteiger partial charge in [-0.25, -0.2) is 4.79 Å². The molecule has 2 aromatic carbocycles. The molecule has 2 aromatic rings. The second-order valence-corrected chi connectivity index (χ2v) is 5.65. The Labute approximate surface area is 129 Å². The van der Waals surface area contributed by atoms with Crippen LogP contribution in [0.15, 0.2) is 40.9 Å². The predicted octanol–water partition coefficient (Wildman–Crippen LogP) is 5.28. The summed E-state index contributed by atoms with van der Waals surface area (Å²) in [6.07, 6.45) is 0. The molecule has 0 atom stereocenters. The van der Waals surface area contributed by atoms with E-state index in [1.165, 1.54) is 12.1 Å². The number of halogens is 3. The highest BCUT2D eigenvalue weighted by atomic mass is 79.9. The normalized spacial score (nSPS) is 10.3. The number of rotatable bonds is 2. The average molecular weight is 360 g/mol. The number of ether oxygens (including phenoxy) is 1. The third kappa shape index (κ3) is 3.50. The van der Waals surface area contributed by atoms with Gasteiger partial charge >= 0.3 is 5.97 Å². The van der Waals surface area contributed by atoms with Crippen molar-refractivity contribution in [2.24, 2.45) is 0 Å². The molecule has 0 bridgehead atoms. The van der Waals surface area contributed by atoms with Crippen LogP contribution in [-0.4, -0.2) is 5.97 Å². The maximum Gasteiger partial charge on any atom is 0.345 e. The maximum atomic E-state index is 12.0. The van der Waals surface area contributed by atoms with Gasteiger partial charge in [0.05, 0.1) is 15.1 Å². The van der Waals surface area contributed by atoms with E-state index in [4.69, 9.17) is 27.9 Å². The molecule has 0 radical (unpaired) electrons. The Kier molecular flexibility index (Phi) is 4.50. The summed E-state index contributed by atoms with van der Waals surface area (Å²) in [6, 6.07) is 10.1. The molecule has 0 saturated carbocycles. The van der Waals surface area contributed by atoms with Crippen molar-refractivity contribution in [3.8, 4) is 5.75 Å². The molecule has 0 spiro atoms. The average Bonchev–Trinajstić information content (AvgIpc) is 2.32. The highest BCUT2D eigenvalue weighted by Gasteiger charge is 2.14. The van der Waals surface area contributed by atoms with Crippen molar-refractivity contribution < 1.29 is 9.53 Å². The van der Waals surface area contributed by atoms with Gasteiger partial charge in [0, 0.05) is 5.02 Å². The Hall–Kier alpha value is -1.03. The standard InChI is InChI=1S/C14H9BrCl2O2/c1-8-2-5-13(11(15)6-8)19-14(18)10-4-3-9(16)7-12(10)17/h2-7H,1H3. The molecule has 0 aromatic heterocycles. The molecule has 2 nitrogen and oxygen atoms in total. The second-order valence-electron chi connectivity index (χ2n) is 3.95. The van der Waals surface area contributed by atoms with Crippen LogP contribution in [0.5, 0.6) is 5.75 Å². The second kappa shape index (κ2) is 5.95. The third-order valence-electron chi connectivity index (χ3n) is 2.44. The van der Waals surface area contributed by atoms with Crippen LogP contribution < -0.4 is 4.74 Å². The van der Waals surface area contributed by atoms with E-state index < -0.39 is 5.97 Å². The fourth-order valence-corrected chi connectivity index (χ4v) is 2.56. The van der Waals surface area contributed by atoms with Gasteiger partial charge in [-0.05, 0) is 58.7 Å². The molecule has 0 heterocycles. The zero-order valence-corrected chi connectivity index (χ0v) is 13.0. The van der Waals surface area contributed by atoms with Gasteiger partial charge in [-0.1, -0.05) is 29.3 Å². The molecule has 0 fully saturated rings. The molecule has 0 aliphatic heterocycles. The van der Waals surface area contributed by atoms with Crippen LogP contribution in [0.3, 0.4) is 0 Å². The van der Waals surface area contributed by atoms with Crippen molar-refractivity contribution >= 4 is 45.1 Å². The number of benzene rings is 2. The molecule has 0 aliphatic rings. The number of carbonyl (C=O) groups is 1. The van der Waals surface area contributed by atoms with Gasteiger partial charge < -0.3 is 4.74 Å². The maximum absolute atomic E-state index is 12.0. The summed E-state index contributed by atoms with van der Waals surface area (Å²) in [6.45, 7) is 1.95. The fraction of sp³-hybridized carbons (Fsp3) is 0.0714. The van der Waals surface area contributed by atoms with Gasteiger partial charge in [-0.3, -0.25) is 0 Å². The molecular weight excluding hydrogens is 351 g/mol. The molecule has 0 unspecified atom stereocenters. The molecule has 5 heteroatoms. The summed E-state index contributed by atoms with van der Waals surface area (Å²) in [5, 5.41) is 0.735. The predicted molar refractivity (Wildman–Crippen MR) is 80.3 cm³/mol. The van der Waals surface area contributed by atoms with E-state index in [-0.39, 0.29) is 10.6 Å². The highest BCUT2D eigenvalue weighted by molar-refractivity contribution is 9.10. The minimum Gasteiger partial charge on any atom is -0.422 e. The first-order valence-electron chi connectivity index (χ1n) is 5.41. The van der Waals surface area contributed by atoms with Crippen LogP contribution in [0.25, 0.3) is 0 Å². The summed E-state index contributed by atoms with van der Waals surface area (Å²) in [5.41, 5.74) is 1.34. The van der Waals surface area contributed by atoms with Gasteiger partial charge in [0.25, 0.3) is 0 Å². The Morgan fingerprint density at radius 2 is 1.89 bits per heavy atom. The van der Waals surface area contributed by atoms with Crippen molar-refractivity contribution in [2.45, 2.75) is 6.92 Å². The monoisotopic (exact) mass is 358 g/mol. The summed E-state index contributed by atoms with van der Waals surface area (Å²) < 4.78 is 6.01. The third-order valence-corrected chi connectivity index (χ3v) is 3.61. The van der Waals surface area contributed by atoms with Crippen molar-refractivity contribution in [1.29, 1.82) is 0 Å². The Balaban J connectivity index is 2.25. The Bertz CT molecular complexity index is 641. The smallest absolute Gasteiger partial charge is 0.345 e. The van der Waals surface area contributed by atoms with Gasteiger partial charge in [0.2, 0.25) is 0 Å². The van der Waals surface area contributed by atoms with Crippen LogP contribution >= 0.6 is 39.1 Å². The molecule has 0 amide bonds. The summed E-state index contributed by atoms with van der Waals surface area (Å²) in [5.74, 6) is -0.0761. The summed E-state index contributed by atoms with van der Waals surface area (Å²) >= 11 is 15.1. The van der Waals surface area contributed by atoms with E-state index in [9.17, 15) is 4.79 Å². The molecule has 0 saturated heterocycles. The van der Waals surface area contributed by atoms with Gasteiger partial charge in [-0.15, -0.1) is 0 Å². The molecular formula is C14H9BrCl2O2. The molecule has 0 N–H and O–H groups in total. The lowest BCUT2D eigenvalue weighted by Gasteiger charge is -2.08. The van der Waals surface area contributed by atoms with E-state index in [1.807, 2.05) is 19.1 Å². The first-order chi connectivity index (χ1) is 8.97. The lowest BCUT2D eigenvalue weighted by molar-refractivity contribution is 0.0733. The number of esters is 1. The molecule has 19 heavy (non-hydrogen) atoms. The minimum absolute atomic E-state index is 0.265. The van der Waals surface area contributed by atoms with E-state index in [0.29, 0.717) is 15.2 Å². The van der Waals surface area contributed by atoms with Crippen LogP contribution in [0.4, 0.5) is 0 Å². The van der Waals surface area contributed by atoms with Gasteiger partial charge in [-0.2, -0.15) is 0 Å². The van der Waals surface area contributed by atoms with Crippen molar-refractivity contribution in [1.82, 2.24) is 0 Å². The number of hydrogen-bond acceptors (Lipinski definition) is 2. The Morgan fingerprint density at radius 1 is 1.16 bits per heavy atom. The van der Waals surface area contributed by atoms with Gasteiger partial charge in [0.1, 0.15) is 5.75 Å². The van der Waals surface area contributed by atoms with E-state index in [1.54, 1.807) is 12.1 Å². The van der Waals surface area contributed by atoms with Crippen LogP contribution in [0.2, 0.25) is 10.0 Å². The molecule has 98 valence electrons. The topological polar surface area (TPSA) is 26.3 Å². The van der Waals surface area contributed by atoms with Crippen molar-refractivity contribution in [3.05, 3.63) is 62.0 Å². The first-order valence-corrected chi connectivity index (χ1v) is 6.95. The quantitative estimate of drug-likeness (QED) is 0.538. The summed E-state index contributed by atoms with van der Waals surface area (Å²) in [7, 11) is 0. The van der Waals surface area contributed by atoms with Crippen molar-refractivity contribution in [3.63, 3.8) is 0 Å². The lowest BCUT2D eigenvalue weighted by Crippen LogP contribution is -2.09. The Morgan fingerprint density at radius 3 is 2.53 bits per heavy atom. The summed E-state index contributed by atoms with van der Waals surface area (Å²) in [4.78, 5) is 12.0. The SMILES string of the molecule is Cc1ccc(OC(=O)c2ccc(Cl)cc2Cl)c(Br)c1. The van der Waals surface area contributed by atoms with Gasteiger partial charge in [0.15, 0.2) is 0 Å².